The lowest BCUT2D eigenvalue weighted by Crippen LogP contribution is -2.27. The first-order valence-corrected chi connectivity index (χ1v) is 8.51. The summed E-state index contributed by atoms with van der Waals surface area (Å²) in [4.78, 5) is 26.4. The Balaban J connectivity index is 1.74. The highest BCUT2D eigenvalue weighted by Crippen LogP contribution is 2.24. The van der Waals surface area contributed by atoms with Crippen LogP contribution in [0.1, 0.15) is 24.0 Å². The third-order valence-corrected chi connectivity index (χ3v) is 3.96. The summed E-state index contributed by atoms with van der Waals surface area (Å²) in [6.07, 6.45) is 1.25. The van der Waals surface area contributed by atoms with Crippen LogP contribution in [0.4, 0.5) is 5.95 Å². The molecule has 0 saturated carbocycles. The van der Waals surface area contributed by atoms with E-state index in [1.165, 1.54) is 11.0 Å². The first-order chi connectivity index (χ1) is 13.5. The molecule has 3 rings (SSSR count). The summed E-state index contributed by atoms with van der Waals surface area (Å²) in [5, 5.41) is 18.5. The number of hydrazone groups is 1. The van der Waals surface area contributed by atoms with Crippen molar-refractivity contribution in [2.75, 3.05) is 0 Å². The molecule has 1 aromatic heterocycles. The number of amides is 1. The summed E-state index contributed by atoms with van der Waals surface area (Å²) in [7, 11) is 0. The minimum absolute atomic E-state index is 0.169. The second kappa shape index (κ2) is 8.67. The molecule has 0 atom stereocenters. The molecule has 0 saturated heterocycles. The van der Waals surface area contributed by atoms with E-state index in [2.05, 4.69) is 20.6 Å². The SMILES string of the molecule is C/C(Cn1cnc([N+](=O)[O-])n1)=N\NC(=O)C(c1ccccc1)c1ccccc1. The first kappa shape index (κ1) is 18.9. The highest BCUT2D eigenvalue weighted by Gasteiger charge is 2.22. The third-order valence-electron chi connectivity index (χ3n) is 3.96. The molecule has 0 spiro atoms. The zero-order chi connectivity index (χ0) is 19.9. The van der Waals surface area contributed by atoms with E-state index in [0.29, 0.717) is 5.71 Å². The number of aromatic nitrogens is 3. The minimum atomic E-state index is -0.672. The van der Waals surface area contributed by atoms with Crippen molar-refractivity contribution in [2.45, 2.75) is 19.4 Å². The summed E-state index contributed by atoms with van der Waals surface area (Å²) >= 11 is 0. The lowest BCUT2D eigenvalue weighted by atomic mass is 9.91. The van der Waals surface area contributed by atoms with Gasteiger partial charge in [-0.3, -0.25) is 4.79 Å². The van der Waals surface area contributed by atoms with Gasteiger partial charge in [0.15, 0.2) is 0 Å². The number of benzene rings is 2. The lowest BCUT2D eigenvalue weighted by Gasteiger charge is -2.16. The standard InChI is InChI=1S/C19H18N6O3/c1-14(12-24-13-20-19(23-24)25(27)28)21-22-18(26)17(15-8-4-2-5-9-15)16-10-6-3-7-11-16/h2-11,13,17H,12H2,1H3,(H,22,26)/b21-14+. The largest absolute Gasteiger partial charge is 0.490 e. The number of carbonyl (C=O) groups excluding carboxylic acids is 1. The molecule has 0 unspecified atom stereocenters. The molecular formula is C19H18N6O3. The highest BCUT2D eigenvalue weighted by atomic mass is 16.6. The van der Waals surface area contributed by atoms with Crippen LogP contribution in [0.3, 0.4) is 0 Å². The summed E-state index contributed by atoms with van der Waals surface area (Å²) < 4.78 is 1.29. The summed E-state index contributed by atoms with van der Waals surface area (Å²) in [5.41, 5.74) is 4.81. The van der Waals surface area contributed by atoms with E-state index in [1.54, 1.807) is 6.92 Å². The van der Waals surface area contributed by atoms with Gasteiger partial charge in [0.25, 0.3) is 5.91 Å². The zero-order valence-corrected chi connectivity index (χ0v) is 15.1. The molecule has 0 fully saturated rings. The van der Waals surface area contributed by atoms with E-state index >= 15 is 0 Å². The number of carbonyl (C=O) groups is 1. The summed E-state index contributed by atoms with van der Waals surface area (Å²) in [5.74, 6) is -1.27. The van der Waals surface area contributed by atoms with Crippen LogP contribution >= 0.6 is 0 Å². The maximum Gasteiger partial charge on any atom is 0.490 e. The van der Waals surface area contributed by atoms with Gasteiger partial charge in [-0.15, -0.1) is 0 Å². The topological polar surface area (TPSA) is 115 Å². The Bertz CT molecular complexity index is 946. The minimum Gasteiger partial charge on any atom is -0.390 e. The van der Waals surface area contributed by atoms with Crippen molar-refractivity contribution in [2.24, 2.45) is 5.10 Å². The smallest absolute Gasteiger partial charge is 0.390 e. The molecule has 0 aliphatic carbocycles. The van der Waals surface area contributed by atoms with Crippen LogP contribution in [-0.2, 0) is 11.3 Å². The Morgan fingerprint density at radius 2 is 1.71 bits per heavy atom. The number of hydrogen-bond donors (Lipinski definition) is 1. The zero-order valence-electron chi connectivity index (χ0n) is 15.1. The third kappa shape index (κ3) is 4.64. The Morgan fingerprint density at radius 1 is 1.14 bits per heavy atom. The molecular weight excluding hydrogens is 360 g/mol. The fourth-order valence-electron chi connectivity index (χ4n) is 2.72. The van der Waals surface area contributed by atoms with Crippen molar-refractivity contribution < 1.29 is 9.72 Å². The van der Waals surface area contributed by atoms with Gasteiger partial charge in [0.2, 0.25) is 6.33 Å². The molecule has 9 heteroatoms. The Labute approximate surface area is 160 Å². The molecule has 28 heavy (non-hydrogen) atoms. The lowest BCUT2D eigenvalue weighted by molar-refractivity contribution is -0.394. The number of nitrogens with zero attached hydrogens (tertiary/aromatic N) is 5. The molecule has 1 N–H and O–H groups in total. The van der Waals surface area contributed by atoms with Crippen molar-refractivity contribution in [3.8, 4) is 0 Å². The molecule has 0 bridgehead atoms. The molecule has 2 aromatic carbocycles. The van der Waals surface area contributed by atoms with Gasteiger partial charge in [0.1, 0.15) is 0 Å². The van der Waals surface area contributed by atoms with E-state index in [4.69, 9.17) is 0 Å². The van der Waals surface area contributed by atoms with Gasteiger partial charge in [0.05, 0.1) is 18.2 Å². The second-order valence-electron chi connectivity index (χ2n) is 6.08. The average Bonchev–Trinajstić information content (AvgIpc) is 3.17. The Morgan fingerprint density at radius 3 is 2.21 bits per heavy atom. The van der Waals surface area contributed by atoms with Crippen LogP contribution in [-0.4, -0.2) is 31.3 Å². The molecule has 0 radical (unpaired) electrons. The average molecular weight is 378 g/mol. The van der Waals surface area contributed by atoms with Crippen molar-refractivity contribution >= 4 is 17.6 Å². The summed E-state index contributed by atoms with van der Waals surface area (Å²) in [6.45, 7) is 1.86. The van der Waals surface area contributed by atoms with Crippen LogP contribution in [0.25, 0.3) is 0 Å². The number of hydrogen-bond acceptors (Lipinski definition) is 6. The predicted octanol–water partition coefficient (Wildman–Crippen LogP) is 2.51. The molecule has 1 heterocycles. The molecule has 9 nitrogen and oxygen atoms in total. The van der Waals surface area contributed by atoms with Crippen LogP contribution in [0.15, 0.2) is 72.1 Å². The quantitative estimate of drug-likeness (QED) is 0.385. The van der Waals surface area contributed by atoms with Crippen molar-refractivity contribution in [3.63, 3.8) is 0 Å². The number of rotatable bonds is 7. The predicted molar refractivity (Wildman–Crippen MR) is 103 cm³/mol. The van der Waals surface area contributed by atoms with E-state index in [-0.39, 0.29) is 12.5 Å². The fourth-order valence-corrected chi connectivity index (χ4v) is 2.72. The van der Waals surface area contributed by atoms with Gasteiger partial charge in [-0.1, -0.05) is 65.6 Å². The van der Waals surface area contributed by atoms with E-state index in [1.807, 2.05) is 60.7 Å². The molecule has 0 aliphatic rings. The van der Waals surface area contributed by atoms with Gasteiger partial charge >= 0.3 is 5.95 Å². The fraction of sp³-hybridized carbons (Fsp3) is 0.158. The van der Waals surface area contributed by atoms with Crippen LogP contribution in [0, 0.1) is 10.1 Å². The van der Waals surface area contributed by atoms with Gasteiger partial charge in [-0.05, 0) is 23.0 Å². The molecule has 1 amide bonds. The number of nitrogens with one attached hydrogen (secondary N) is 1. The summed E-state index contributed by atoms with van der Waals surface area (Å²) in [6, 6.07) is 18.9. The van der Waals surface area contributed by atoms with Gasteiger partial charge in [-0.25, -0.2) is 5.43 Å². The Kier molecular flexibility index (Phi) is 5.85. The Hall–Kier alpha value is -3.88. The maximum absolute atomic E-state index is 12.9. The molecule has 3 aromatic rings. The first-order valence-electron chi connectivity index (χ1n) is 8.51. The molecule has 0 aliphatic heterocycles. The normalized spacial score (nSPS) is 11.4. The van der Waals surface area contributed by atoms with Crippen molar-refractivity contribution in [1.82, 2.24) is 20.2 Å². The van der Waals surface area contributed by atoms with Gasteiger partial charge in [0, 0.05) is 5.10 Å². The molecule has 142 valence electrons. The monoisotopic (exact) mass is 378 g/mol. The van der Waals surface area contributed by atoms with Crippen LogP contribution in [0.2, 0.25) is 0 Å². The second-order valence-corrected chi connectivity index (χ2v) is 6.08. The van der Waals surface area contributed by atoms with E-state index in [9.17, 15) is 14.9 Å². The van der Waals surface area contributed by atoms with E-state index < -0.39 is 16.8 Å². The van der Waals surface area contributed by atoms with Gasteiger partial charge < -0.3 is 10.1 Å². The van der Waals surface area contributed by atoms with Crippen molar-refractivity contribution in [3.05, 3.63) is 88.2 Å². The van der Waals surface area contributed by atoms with Gasteiger partial charge in [-0.2, -0.15) is 9.78 Å². The number of nitro groups is 1. The highest BCUT2D eigenvalue weighted by molar-refractivity contribution is 5.89. The van der Waals surface area contributed by atoms with Crippen molar-refractivity contribution in [1.29, 1.82) is 0 Å². The van der Waals surface area contributed by atoms with Crippen LogP contribution in [0.5, 0.6) is 0 Å². The maximum atomic E-state index is 12.9. The van der Waals surface area contributed by atoms with E-state index in [0.717, 1.165) is 11.1 Å². The van der Waals surface area contributed by atoms with Crippen LogP contribution < -0.4 is 5.43 Å².